The van der Waals surface area contributed by atoms with Crippen molar-refractivity contribution in [2.75, 3.05) is 13.1 Å². The summed E-state index contributed by atoms with van der Waals surface area (Å²) in [5, 5.41) is 2.91. The topological polar surface area (TPSA) is 58.4 Å². The van der Waals surface area contributed by atoms with E-state index in [0.717, 1.165) is 12.1 Å². The molecule has 0 aliphatic carbocycles. The van der Waals surface area contributed by atoms with Crippen LogP contribution in [0.3, 0.4) is 0 Å². The Bertz CT molecular complexity index is 464. The molecule has 0 unspecified atom stereocenters. The van der Waals surface area contributed by atoms with Gasteiger partial charge in [0.2, 0.25) is 5.91 Å². The Hall–Kier alpha value is -1.39. The van der Waals surface area contributed by atoms with E-state index in [4.69, 9.17) is 5.73 Å². The average Bonchev–Trinajstić information content (AvgIpc) is 2.54. The predicted octanol–water partition coefficient (Wildman–Crippen LogP) is 2.27. The molecule has 22 heavy (non-hydrogen) atoms. The molecular formula is C18H29N3O. The van der Waals surface area contributed by atoms with Gasteiger partial charge in [0.05, 0.1) is 6.04 Å². The second-order valence-corrected chi connectivity index (χ2v) is 6.64. The van der Waals surface area contributed by atoms with Crippen LogP contribution in [0, 0.1) is 5.92 Å². The zero-order valence-corrected chi connectivity index (χ0v) is 13.8. The van der Waals surface area contributed by atoms with E-state index < -0.39 is 6.04 Å². The van der Waals surface area contributed by atoms with Gasteiger partial charge >= 0.3 is 0 Å². The summed E-state index contributed by atoms with van der Waals surface area (Å²) in [7, 11) is 0. The van der Waals surface area contributed by atoms with Crippen molar-refractivity contribution in [3.8, 4) is 0 Å². The van der Waals surface area contributed by atoms with Crippen molar-refractivity contribution in [1.82, 2.24) is 10.2 Å². The lowest BCUT2D eigenvalue weighted by atomic mass is 10.0. The van der Waals surface area contributed by atoms with Gasteiger partial charge in [-0.25, -0.2) is 0 Å². The summed E-state index contributed by atoms with van der Waals surface area (Å²) in [6, 6.07) is 8.09. The van der Waals surface area contributed by atoms with E-state index in [1.807, 2.05) is 13.8 Å². The lowest BCUT2D eigenvalue weighted by molar-refractivity contribution is -0.123. The number of likely N-dealkylation sites (tertiary alicyclic amines) is 1. The van der Waals surface area contributed by atoms with E-state index in [1.165, 1.54) is 37.9 Å². The van der Waals surface area contributed by atoms with Gasteiger partial charge in [-0.2, -0.15) is 0 Å². The normalized spacial score (nSPS) is 17.5. The molecule has 1 heterocycles. The van der Waals surface area contributed by atoms with Gasteiger partial charge in [0.1, 0.15) is 0 Å². The van der Waals surface area contributed by atoms with E-state index in [0.29, 0.717) is 6.54 Å². The quantitative estimate of drug-likeness (QED) is 0.847. The molecule has 0 spiro atoms. The lowest BCUT2D eigenvalue weighted by Gasteiger charge is -2.26. The Labute approximate surface area is 134 Å². The zero-order chi connectivity index (χ0) is 15.9. The van der Waals surface area contributed by atoms with Gasteiger partial charge in [-0.1, -0.05) is 44.5 Å². The number of amides is 1. The van der Waals surface area contributed by atoms with Gasteiger partial charge in [-0.3, -0.25) is 9.69 Å². The fourth-order valence-corrected chi connectivity index (χ4v) is 2.75. The highest BCUT2D eigenvalue weighted by atomic mass is 16.2. The number of carbonyl (C=O) groups excluding carboxylic acids is 1. The second-order valence-electron chi connectivity index (χ2n) is 6.64. The first-order chi connectivity index (χ1) is 10.6. The molecule has 0 aromatic heterocycles. The summed E-state index contributed by atoms with van der Waals surface area (Å²) in [6.07, 6.45) is 4.01. The van der Waals surface area contributed by atoms with Crippen LogP contribution >= 0.6 is 0 Å². The molecule has 4 nitrogen and oxygen atoms in total. The van der Waals surface area contributed by atoms with Crippen LogP contribution in [-0.4, -0.2) is 29.9 Å². The van der Waals surface area contributed by atoms with E-state index in [-0.39, 0.29) is 11.8 Å². The van der Waals surface area contributed by atoms with Crippen molar-refractivity contribution in [1.29, 1.82) is 0 Å². The third-order valence-corrected chi connectivity index (χ3v) is 4.37. The number of rotatable bonds is 6. The molecule has 0 radical (unpaired) electrons. The molecule has 1 aliphatic heterocycles. The minimum atomic E-state index is -0.432. The zero-order valence-electron chi connectivity index (χ0n) is 13.8. The van der Waals surface area contributed by atoms with Gasteiger partial charge in [0, 0.05) is 13.1 Å². The van der Waals surface area contributed by atoms with Crippen molar-refractivity contribution in [3.05, 3.63) is 35.4 Å². The van der Waals surface area contributed by atoms with Crippen LogP contribution in [0.5, 0.6) is 0 Å². The van der Waals surface area contributed by atoms with Crippen molar-refractivity contribution >= 4 is 5.91 Å². The van der Waals surface area contributed by atoms with Crippen LogP contribution in [-0.2, 0) is 17.9 Å². The van der Waals surface area contributed by atoms with Gasteiger partial charge in [-0.05, 0) is 43.0 Å². The third kappa shape index (κ3) is 5.11. The van der Waals surface area contributed by atoms with Crippen LogP contribution in [0.25, 0.3) is 0 Å². The number of hydrogen-bond donors (Lipinski definition) is 2. The number of nitrogens with two attached hydrogens (primary N) is 1. The highest BCUT2D eigenvalue weighted by Crippen LogP contribution is 2.13. The molecule has 2 rings (SSSR count). The summed E-state index contributed by atoms with van der Waals surface area (Å²) in [6.45, 7) is 7.92. The maximum absolute atomic E-state index is 11.8. The first kappa shape index (κ1) is 17.0. The Morgan fingerprint density at radius 2 is 1.73 bits per heavy atom. The largest absolute Gasteiger partial charge is 0.351 e. The van der Waals surface area contributed by atoms with Crippen LogP contribution in [0.2, 0.25) is 0 Å². The molecule has 1 aliphatic rings. The Morgan fingerprint density at radius 3 is 2.32 bits per heavy atom. The van der Waals surface area contributed by atoms with Crippen LogP contribution in [0.1, 0.15) is 44.2 Å². The summed E-state index contributed by atoms with van der Waals surface area (Å²) in [4.78, 5) is 14.4. The molecule has 4 heteroatoms. The summed E-state index contributed by atoms with van der Waals surface area (Å²) in [5.74, 6) is 0.0827. The summed E-state index contributed by atoms with van der Waals surface area (Å²) in [5.41, 5.74) is 8.30. The number of carbonyl (C=O) groups is 1. The van der Waals surface area contributed by atoms with E-state index in [9.17, 15) is 4.79 Å². The van der Waals surface area contributed by atoms with Gasteiger partial charge in [-0.15, -0.1) is 0 Å². The van der Waals surface area contributed by atoms with Crippen molar-refractivity contribution in [2.45, 2.75) is 52.2 Å². The molecule has 3 N–H and O–H groups in total. The SMILES string of the molecule is CC(C)[C@@H](N)C(=O)NCc1ccc(CN2CCCCC2)cc1. The summed E-state index contributed by atoms with van der Waals surface area (Å²) < 4.78 is 0. The second kappa shape index (κ2) is 8.30. The van der Waals surface area contributed by atoms with Gasteiger partial charge in [0.25, 0.3) is 0 Å². The van der Waals surface area contributed by atoms with E-state index in [2.05, 4.69) is 34.5 Å². The maximum atomic E-state index is 11.8. The predicted molar refractivity (Wildman–Crippen MR) is 90.2 cm³/mol. The van der Waals surface area contributed by atoms with E-state index in [1.54, 1.807) is 0 Å². The Morgan fingerprint density at radius 1 is 1.14 bits per heavy atom. The molecule has 1 amide bonds. The number of hydrogen-bond acceptors (Lipinski definition) is 3. The fourth-order valence-electron chi connectivity index (χ4n) is 2.75. The molecule has 1 saturated heterocycles. The number of nitrogens with one attached hydrogen (secondary N) is 1. The monoisotopic (exact) mass is 303 g/mol. The van der Waals surface area contributed by atoms with Crippen LogP contribution in [0.15, 0.2) is 24.3 Å². The minimum Gasteiger partial charge on any atom is -0.351 e. The van der Waals surface area contributed by atoms with Crippen molar-refractivity contribution in [2.24, 2.45) is 11.7 Å². The highest BCUT2D eigenvalue weighted by molar-refractivity contribution is 5.81. The molecule has 1 aromatic rings. The minimum absolute atomic E-state index is 0.0765. The Kier molecular flexibility index (Phi) is 6.40. The molecule has 122 valence electrons. The van der Waals surface area contributed by atoms with Crippen LogP contribution < -0.4 is 11.1 Å². The molecule has 0 bridgehead atoms. The maximum Gasteiger partial charge on any atom is 0.237 e. The van der Waals surface area contributed by atoms with Crippen molar-refractivity contribution in [3.63, 3.8) is 0 Å². The average molecular weight is 303 g/mol. The molecule has 1 fully saturated rings. The first-order valence-corrected chi connectivity index (χ1v) is 8.39. The Balaban J connectivity index is 1.80. The van der Waals surface area contributed by atoms with Gasteiger partial charge < -0.3 is 11.1 Å². The van der Waals surface area contributed by atoms with Gasteiger partial charge in [0.15, 0.2) is 0 Å². The lowest BCUT2D eigenvalue weighted by Crippen LogP contribution is -2.43. The molecule has 1 aromatic carbocycles. The number of benzene rings is 1. The van der Waals surface area contributed by atoms with E-state index >= 15 is 0 Å². The van der Waals surface area contributed by atoms with Crippen molar-refractivity contribution < 1.29 is 4.79 Å². The number of piperidine rings is 1. The molecule has 0 saturated carbocycles. The fraction of sp³-hybridized carbons (Fsp3) is 0.611. The molecule has 1 atom stereocenters. The third-order valence-electron chi connectivity index (χ3n) is 4.37. The standard InChI is InChI=1S/C18H29N3O/c1-14(2)17(19)18(22)20-12-15-6-8-16(9-7-15)13-21-10-4-3-5-11-21/h6-9,14,17H,3-5,10-13,19H2,1-2H3,(H,20,22)/t17-/m1/s1. The highest BCUT2D eigenvalue weighted by Gasteiger charge is 2.16. The molecular weight excluding hydrogens is 274 g/mol. The summed E-state index contributed by atoms with van der Waals surface area (Å²) >= 11 is 0. The number of nitrogens with zero attached hydrogens (tertiary/aromatic N) is 1. The van der Waals surface area contributed by atoms with Crippen LogP contribution in [0.4, 0.5) is 0 Å². The first-order valence-electron chi connectivity index (χ1n) is 8.39. The smallest absolute Gasteiger partial charge is 0.237 e.